The lowest BCUT2D eigenvalue weighted by atomic mass is 10.1. The van der Waals surface area contributed by atoms with Crippen LogP contribution in [0.3, 0.4) is 0 Å². The van der Waals surface area contributed by atoms with E-state index >= 15 is 0 Å². The van der Waals surface area contributed by atoms with E-state index in [-0.39, 0.29) is 18.7 Å². The third-order valence-electron chi connectivity index (χ3n) is 4.30. The maximum Gasteiger partial charge on any atom is 0.322 e. The fourth-order valence-electron chi connectivity index (χ4n) is 2.70. The highest BCUT2D eigenvalue weighted by Gasteiger charge is 2.31. The minimum atomic E-state index is -0.824. The number of amides is 3. The molecule has 7 nitrogen and oxygen atoms in total. The standard InChI is InChI=1S/C18H18F2N4O3/c1-10(17(25)21-8-11-3-4-12(19)7-13(11)20)24-9-15-14(23-18(24)26)5-6-16(22-15)27-2/h3-7,10H,8-9H2,1-2H3,(H,21,25)(H,23,26). The summed E-state index contributed by atoms with van der Waals surface area (Å²) in [6.45, 7) is 1.56. The van der Waals surface area contributed by atoms with Crippen LogP contribution in [0, 0.1) is 11.6 Å². The number of fused-ring (bicyclic) bond motifs is 1. The average Bonchev–Trinajstić information content (AvgIpc) is 2.65. The molecule has 3 rings (SSSR count). The van der Waals surface area contributed by atoms with Crippen molar-refractivity contribution in [3.63, 3.8) is 0 Å². The first-order chi connectivity index (χ1) is 12.9. The van der Waals surface area contributed by atoms with Gasteiger partial charge in [0.2, 0.25) is 11.8 Å². The Morgan fingerprint density at radius 1 is 1.37 bits per heavy atom. The van der Waals surface area contributed by atoms with Gasteiger partial charge in [0.15, 0.2) is 0 Å². The Kier molecular flexibility index (Phi) is 5.20. The normalized spacial score (nSPS) is 14.2. The van der Waals surface area contributed by atoms with Crippen LogP contribution < -0.4 is 15.4 Å². The summed E-state index contributed by atoms with van der Waals surface area (Å²) in [4.78, 5) is 30.3. The van der Waals surface area contributed by atoms with Crippen LogP contribution in [0.15, 0.2) is 30.3 Å². The van der Waals surface area contributed by atoms with Gasteiger partial charge in [-0.05, 0) is 19.1 Å². The molecule has 0 aliphatic carbocycles. The Hall–Kier alpha value is -3.23. The molecule has 1 atom stereocenters. The van der Waals surface area contributed by atoms with E-state index in [1.54, 1.807) is 19.1 Å². The molecule has 1 aliphatic rings. The molecule has 0 radical (unpaired) electrons. The van der Waals surface area contributed by atoms with Gasteiger partial charge in [-0.1, -0.05) is 6.07 Å². The predicted octanol–water partition coefficient (Wildman–Crippen LogP) is 2.42. The second-order valence-electron chi connectivity index (χ2n) is 6.04. The Labute approximate surface area is 154 Å². The van der Waals surface area contributed by atoms with Gasteiger partial charge in [-0.15, -0.1) is 0 Å². The molecule has 27 heavy (non-hydrogen) atoms. The fourth-order valence-corrected chi connectivity index (χ4v) is 2.70. The molecule has 2 heterocycles. The number of nitrogens with zero attached hydrogens (tertiary/aromatic N) is 2. The van der Waals surface area contributed by atoms with Gasteiger partial charge in [0, 0.05) is 24.2 Å². The number of urea groups is 1. The molecule has 1 aliphatic heterocycles. The number of pyridine rings is 1. The number of aromatic nitrogens is 1. The molecule has 142 valence electrons. The highest BCUT2D eigenvalue weighted by Crippen LogP contribution is 2.25. The highest BCUT2D eigenvalue weighted by molar-refractivity contribution is 5.95. The number of benzene rings is 1. The molecular formula is C18H18F2N4O3. The second kappa shape index (κ2) is 7.56. The molecule has 1 aromatic heterocycles. The fraction of sp³-hybridized carbons (Fsp3) is 0.278. The molecule has 0 saturated carbocycles. The first-order valence-corrected chi connectivity index (χ1v) is 8.22. The minimum absolute atomic E-state index is 0.118. The van der Waals surface area contributed by atoms with Crippen LogP contribution in [0.5, 0.6) is 5.88 Å². The van der Waals surface area contributed by atoms with Gasteiger partial charge < -0.3 is 20.3 Å². The van der Waals surface area contributed by atoms with Crippen LogP contribution in [0.1, 0.15) is 18.2 Å². The van der Waals surface area contributed by atoms with Crippen LogP contribution in [0.25, 0.3) is 0 Å². The Bertz CT molecular complexity index is 891. The van der Waals surface area contributed by atoms with Crippen molar-refractivity contribution in [3.8, 4) is 5.88 Å². The van der Waals surface area contributed by atoms with Crippen molar-refractivity contribution in [2.24, 2.45) is 0 Å². The van der Waals surface area contributed by atoms with Gasteiger partial charge in [-0.2, -0.15) is 0 Å². The second-order valence-corrected chi connectivity index (χ2v) is 6.04. The molecule has 0 fully saturated rings. The monoisotopic (exact) mass is 376 g/mol. The number of rotatable bonds is 5. The Morgan fingerprint density at radius 2 is 2.15 bits per heavy atom. The van der Waals surface area contributed by atoms with Crippen LogP contribution >= 0.6 is 0 Å². The zero-order chi connectivity index (χ0) is 19.6. The molecule has 2 aromatic rings. The van der Waals surface area contributed by atoms with Gasteiger partial charge in [0.25, 0.3) is 0 Å². The quantitative estimate of drug-likeness (QED) is 0.840. The van der Waals surface area contributed by atoms with Crippen LogP contribution in [-0.4, -0.2) is 35.0 Å². The van der Waals surface area contributed by atoms with E-state index in [2.05, 4.69) is 15.6 Å². The highest BCUT2D eigenvalue weighted by atomic mass is 19.1. The number of ether oxygens (including phenoxy) is 1. The largest absolute Gasteiger partial charge is 0.481 e. The third kappa shape index (κ3) is 3.97. The Morgan fingerprint density at radius 3 is 2.85 bits per heavy atom. The van der Waals surface area contributed by atoms with E-state index < -0.39 is 29.6 Å². The lowest BCUT2D eigenvalue weighted by Crippen LogP contribution is -2.50. The Balaban J connectivity index is 1.68. The number of nitrogens with one attached hydrogen (secondary N) is 2. The predicted molar refractivity (Wildman–Crippen MR) is 93.0 cm³/mol. The summed E-state index contributed by atoms with van der Waals surface area (Å²) >= 11 is 0. The van der Waals surface area contributed by atoms with E-state index in [9.17, 15) is 18.4 Å². The summed E-state index contributed by atoms with van der Waals surface area (Å²) in [6.07, 6.45) is 0. The summed E-state index contributed by atoms with van der Waals surface area (Å²) in [6, 6.07) is 5.16. The minimum Gasteiger partial charge on any atom is -0.481 e. The smallest absolute Gasteiger partial charge is 0.322 e. The zero-order valence-electron chi connectivity index (χ0n) is 14.8. The summed E-state index contributed by atoms with van der Waals surface area (Å²) in [5, 5.41) is 5.23. The first kappa shape index (κ1) is 18.6. The summed E-state index contributed by atoms with van der Waals surface area (Å²) in [5.74, 6) is -1.51. The van der Waals surface area contributed by atoms with Gasteiger partial charge in [0.05, 0.1) is 25.0 Å². The van der Waals surface area contributed by atoms with Crippen LogP contribution in [0.2, 0.25) is 0 Å². The summed E-state index contributed by atoms with van der Waals surface area (Å²) in [5.41, 5.74) is 1.27. The van der Waals surface area contributed by atoms with E-state index in [1.807, 2.05) is 0 Å². The first-order valence-electron chi connectivity index (χ1n) is 8.22. The van der Waals surface area contributed by atoms with Crippen molar-refractivity contribution in [2.45, 2.75) is 26.1 Å². The summed E-state index contributed by atoms with van der Waals surface area (Å²) in [7, 11) is 1.48. The van der Waals surface area contributed by atoms with Crippen LogP contribution in [-0.2, 0) is 17.9 Å². The SMILES string of the molecule is COc1ccc2c(n1)CN(C(C)C(=O)NCc1ccc(F)cc1F)C(=O)N2. The zero-order valence-corrected chi connectivity index (χ0v) is 14.8. The molecule has 1 aromatic carbocycles. The van der Waals surface area contributed by atoms with Crippen LogP contribution in [0.4, 0.5) is 19.3 Å². The number of hydrogen-bond acceptors (Lipinski definition) is 4. The van der Waals surface area contributed by atoms with E-state index in [0.717, 1.165) is 12.1 Å². The molecule has 0 saturated heterocycles. The number of hydrogen-bond donors (Lipinski definition) is 2. The molecule has 3 amide bonds. The van der Waals surface area contributed by atoms with Crippen molar-refractivity contribution in [1.29, 1.82) is 0 Å². The van der Waals surface area contributed by atoms with Gasteiger partial charge in [-0.3, -0.25) is 4.79 Å². The molecule has 9 heteroatoms. The molecule has 2 N–H and O–H groups in total. The average molecular weight is 376 g/mol. The third-order valence-corrected chi connectivity index (χ3v) is 4.30. The number of halogens is 2. The number of methoxy groups -OCH3 is 1. The topological polar surface area (TPSA) is 83.6 Å². The molecule has 0 bridgehead atoms. The molecule has 1 unspecified atom stereocenters. The van der Waals surface area contributed by atoms with Crippen molar-refractivity contribution in [1.82, 2.24) is 15.2 Å². The van der Waals surface area contributed by atoms with E-state index in [0.29, 0.717) is 17.3 Å². The lowest BCUT2D eigenvalue weighted by Gasteiger charge is -2.32. The number of carbonyl (C=O) groups excluding carboxylic acids is 2. The van der Waals surface area contributed by atoms with Crippen molar-refractivity contribution < 1.29 is 23.1 Å². The van der Waals surface area contributed by atoms with Crippen molar-refractivity contribution in [2.75, 3.05) is 12.4 Å². The number of carbonyl (C=O) groups is 2. The lowest BCUT2D eigenvalue weighted by molar-refractivity contribution is -0.125. The van der Waals surface area contributed by atoms with Gasteiger partial charge in [-0.25, -0.2) is 18.6 Å². The molecular weight excluding hydrogens is 358 g/mol. The maximum absolute atomic E-state index is 13.7. The van der Waals surface area contributed by atoms with Gasteiger partial charge >= 0.3 is 6.03 Å². The summed E-state index contributed by atoms with van der Waals surface area (Å²) < 4.78 is 31.7. The molecule has 0 spiro atoms. The van der Waals surface area contributed by atoms with E-state index in [1.165, 1.54) is 18.1 Å². The maximum atomic E-state index is 13.7. The number of anilines is 1. The van der Waals surface area contributed by atoms with Crippen molar-refractivity contribution >= 4 is 17.6 Å². The van der Waals surface area contributed by atoms with Crippen molar-refractivity contribution in [3.05, 3.63) is 53.2 Å². The van der Waals surface area contributed by atoms with Gasteiger partial charge in [0.1, 0.15) is 17.7 Å². The van der Waals surface area contributed by atoms with E-state index in [4.69, 9.17) is 4.74 Å².